The van der Waals surface area contributed by atoms with Gasteiger partial charge in [0.15, 0.2) is 0 Å². The maximum absolute atomic E-state index is 11.8. The summed E-state index contributed by atoms with van der Waals surface area (Å²) in [6.07, 6.45) is 1.66. The van der Waals surface area contributed by atoms with Gasteiger partial charge in [0.05, 0.1) is 0 Å². The molecule has 15 heavy (non-hydrogen) atoms. The third-order valence-corrected chi connectivity index (χ3v) is 3.54. The molecule has 88 valence electrons. The molecule has 0 N–H and O–H groups in total. The number of nitrogens with zero attached hydrogens (tertiary/aromatic N) is 3. The summed E-state index contributed by atoms with van der Waals surface area (Å²) in [6.45, 7) is 4.78. The Morgan fingerprint density at radius 2 is 1.87 bits per heavy atom. The van der Waals surface area contributed by atoms with Crippen molar-refractivity contribution in [2.75, 3.05) is 46.8 Å². The lowest BCUT2D eigenvalue weighted by Gasteiger charge is -2.31. The number of hydrogen-bond acceptors (Lipinski definition) is 3. The average Bonchev–Trinajstić information content (AvgIpc) is 2.18. The lowest BCUT2D eigenvalue weighted by Crippen LogP contribution is -2.45. The van der Waals surface area contributed by atoms with E-state index < -0.39 is 0 Å². The van der Waals surface area contributed by atoms with Crippen LogP contribution >= 0.6 is 22.9 Å². The van der Waals surface area contributed by atoms with E-state index in [2.05, 4.69) is 30.9 Å². The van der Waals surface area contributed by atoms with Crippen molar-refractivity contribution < 1.29 is 4.79 Å². The minimum absolute atomic E-state index is 0.321. The molecule has 0 aromatic rings. The summed E-state index contributed by atoms with van der Waals surface area (Å²) in [6, 6.07) is 0. The molecule has 1 aliphatic heterocycles. The van der Waals surface area contributed by atoms with Gasteiger partial charge in [0.2, 0.25) is 5.91 Å². The molecule has 1 heterocycles. The Kier molecular flexibility index (Phi) is 5.84. The molecule has 0 aromatic carbocycles. The molecule has 0 aromatic heterocycles. The molecule has 0 aliphatic carbocycles. The Morgan fingerprint density at radius 1 is 1.27 bits per heavy atom. The van der Waals surface area contributed by atoms with Gasteiger partial charge < -0.3 is 9.80 Å². The van der Waals surface area contributed by atoms with Crippen molar-refractivity contribution in [3.63, 3.8) is 0 Å². The third-order valence-electron chi connectivity index (χ3n) is 2.57. The highest BCUT2D eigenvalue weighted by Crippen LogP contribution is 2.08. The average molecular weight is 325 g/mol. The fourth-order valence-electron chi connectivity index (χ4n) is 1.64. The summed E-state index contributed by atoms with van der Waals surface area (Å²) >= 11 is 2.32. The van der Waals surface area contributed by atoms with Crippen molar-refractivity contribution in [1.29, 1.82) is 0 Å². The highest BCUT2D eigenvalue weighted by molar-refractivity contribution is 14.1. The van der Waals surface area contributed by atoms with Crippen LogP contribution in [0.1, 0.15) is 12.8 Å². The van der Waals surface area contributed by atoms with Crippen molar-refractivity contribution in [3.8, 4) is 0 Å². The Balaban J connectivity index is 2.17. The van der Waals surface area contributed by atoms with Gasteiger partial charge in [-0.3, -0.25) is 4.79 Å². The van der Waals surface area contributed by atoms with E-state index in [0.717, 1.165) is 39.1 Å². The van der Waals surface area contributed by atoms with Gasteiger partial charge in [-0.05, 0) is 27.1 Å². The Hall–Kier alpha value is 0.120. The zero-order valence-electron chi connectivity index (χ0n) is 9.58. The molecule has 1 rings (SSSR count). The minimum atomic E-state index is 0.321. The van der Waals surface area contributed by atoms with Crippen LogP contribution < -0.4 is 0 Å². The van der Waals surface area contributed by atoms with Crippen molar-refractivity contribution >= 4 is 28.8 Å². The topological polar surface area (TPSA) is 26.8 Å². The van der Waals surface area contributed by atoms with E-state index in [9.17, 15) is 4.79 Å². The van der Waals surface area contributed by atoms with Crippen molar-refractivity contribution in [2.45, 2.75) is 12.8 Å². The number of carbonyl (C=O) groups excluding carboxylic acids is 1. The predicted molar refractivity (Wildman–Crippen MR) is 70.0 cm³/mol. The molecule has 1 saturated heterocycles. The first kappa shape index (κ1) is 13.2. The first-order valence-corrected chi connectivity index (χ1v) is 6.39. The van der Waals surface area contributed by atoms with Gasteiger partial charge in [0.1, 0.15) is 0 Å². The number of halogens is 1. The molecule has 1 amide bonds. The smallest absolute Gasteiger partial charge is 0.222 e. The summed E-state index contributed by atoms with van der Waals surface area (Å²) in [5.74, 6) is 0.321. The quantitative estimate of drug-likeness (QED) is 0.566. The van der Waals surface area contributed by atoms with Gasteiger partial charge in [-0.1, -0.05) is 0 Å². The fourth-order valence-corrected chi connectivity index (χ4v) is 2.07. The molecule has 1 aliphatic rings. The second-order valence-electron chi connectivity index (χ2n) is 4.20. The number of carbonyl (C=O) groups is 1. The van der Waals surface area contributed by atoms with Gasteiger partial charge in [0.25, 0.3) is 0 Å². The lowest BCUT2D eigenvalue weighted by molar-refractivity contribution is -0.132. The van der Waals surface area contributed by atoms with Gasteiger partial charge >= 0.3 is 0 Å². The molecule has 1 fully saturated rings. The number of rotatable bonds is 4. The second kappa shape index (κ2) is 6.65. The first-order valence-electron chi connectivity index (χ1n) is 5.43. The van der Waals surface area contributed by atoms with E-state index in [1.54, 1.807) is 0 Å². The fraction of sp³-hybridized carbons (Fsp3) is 0.900. The van der Waals surface area contributed by atoms with Crippen LogP contribution in [0, 0.1) is 0 Å². The minimum Gasteiger partial charge on any atom is -0.340 e. The van der Waals surface area contributed by atoms with Crippen molar-refractivity contribution in [3.05, 3.63) is 0 Å². The molecule has 4 nitrogen and oxygen atoms in total. The summed E-state index contributed by atoms with van der Waals surface area (Å²) < 4.78 is 2.24. The monoisotopic (exact) mass is 325 g/mol. The lowest BCUT2D eigenvalue weighted by atomic mass is 10.2. The van der Waals surface area contributed by atoms with Crippen LogP contribution in [0.25, 0.3) is 0 Å². The molecule has 0 radical (unpaired) electrons. The van der Waals surface area contributed by atoms with Crippen LogP contribution in [-0.4, -0.2) is 65.6 Å². The second-order valence-corrected chi connectivity index (χ2v) is 5.56. The third kappa shape index (κ3) is 5.12. The van der Waals surface area contributed by atoms with Gasteiger partial charge in [-0.2, -0.15) is 0 Å². The van der Waals surface area contributed by atoms with Crippen LogP contribution in [0.5, 0.6) is 0 Å². The van der Waals surface area contributed by atoms with Crippen LogP contribution in [-0.2, 0) is 4.79 Å². The summed E-state index contributed by atoms with van der Waals surface area (Å²) in [5.41, 5.74) is 0. The number of hydrogen-bond donors (Lipinski definition) is 0. The van der Waals surface area contributed by atoms with Gasteiger partial charge in [-0.25, -0.2) is 3.11 Å². The maximum atomic E-state index is 11.8. The van der Waals surface area contributed by atoms with Crippen LogP contribution in [0.3, 0.4) is 0 Å². The molecule has 0 unspecified atom stereocenters. The Labute approximate surface area is 106 Å². The number of amides is 1. The zero-order chi connectivity index (χ0) is 11.3. The SMILES string of the molecule is CN(C)CCCC(=O)N1CCN(I)CC1. The van der Waals surface area contributed by atoms with Crippen LogP contribution in [0.15, 0.2) is 0 Å². The zero-order valence-corrected chi connectivity index (χ0v) is 11.7. The van der Waals surface area contributed by atoms with E-state index in [1.165, 1.54) is 0 Å². The van der Waals surface area contributed by atoms with E-state index in [0.29, 0.717) is 12.3 Å². The normalized spacial score (nSPS) is 18.5. The summed E-state index contributed by atoms with van der Waals surface area (Å²) in [7, 11) is 4.08. The Morgan fingerprint density at radius 3 is 2.40 bits per heavy atom. The largest absolute Gasteiger partial charge is 0.340 e. The highest BCUT2D eigenvalue weighted by atomic mass is 127. The van der Waals surface area contributed by atoms with Crippen LogP contribution in [0.4, 0.5) is 0 Å². The maximum Gasteiger partial charge on any atom is 0.222 e. The molecule has 5 heteroatoms. The molecule has 0 bridgehead atoms. The molecule has 0 spiro atoms. The van der Waals surface area contributed by atoms with E-state index >= 15 is 0 Å². The highest BCUT2D eigenvalue weighted by Gasteiger charge is 2.18. The molecule has 0 atom stereocenters. The first-order chi connectivity index (χ1) is 7.09. The Bertz CT molecular complexity index is 203. The van der Waals surface area contributed by atoms with E-state index in [1.807, 2.05) is 19.0 Å². The molecule has 0 saturated carbocycles. The van der Waals surface area contributed by atoms with Gasteiger partial charge in [0, 0.05) is 55.5 Å². The van der Waals surface area contributed by atoms with E-state index in [4.69, 9.17) is 0 Å². The molecular weight excluding hydrogens is 305 g/mol. The van der Waals surface area contributed by atoms with Crippen molar-refractivity contribution in [1.82, 2.24) is 12.9 Å². The summed E-state index contributed by atoms with van der Waals surface area (Å²) in [5, 5.41) is 0. The number of piperazine rings is 1. The van der Waals surface area contributed by atoms with Gasteiger partial charge in [-0.15, -0.1) is 0 Å². The van der Waals surface area contributed by atoms with E-state index in [-0.39, 0.29) is 0 Å². The summed E-state index contributed by atoms with van der Waals surface area (Å²) in [4.78, 5) is 15.9. The standard InChI is InChI=1S/C10H20IN3O/c1-12(2)5-3-4-10(15)13-6-8-14(11)9-7-13/h3-9H2,1-2H3. The molecular formula is C10H20IN3O. The van der Waals surface area contributed by atoms with Crippen molar-refractivity contribution in [2.24, 2.45) is 0 Å². The van der Waals surface area contributed by atoms with Crippen LogP contribution in [0.2, 0.25) is 0 Å². The predicted octanol–water partition coefficient (Wildman–Crippen LogP) is 0.822.